The lowest BCUT2D eigenvalue weighted by molar-refractivity contribution is -0.0119. The van der Waals surface area contributed by atoms with Crippen molar-refractivity contribution in [3.63, 3.8) is 0 Å². The third-order valence-corrected chi connectivity index (χ3v) is 3.44. The summed E-state index contributed by atoms with van der Waals surface area (Å²) in [4.78, 5) is 11.4. The summed E-state index contributed by atoms with van der Waals surface area (Å²) in [6, 6.07) is 7.16. The van der Waals surface area contributed by atoms with Crippen molar-refractivity contribution in [1.29, 1.82) is 0 Å². The molecule has 0 saturated heterocycles. The monoisotopic (exact) mass is 265 g/mol. The van der Waals surface area contributed by atoms with Crippen LogP contribution in [0.5, 0.6) is 0 Å². The van der Waals surface area contributed by atoms with Gasteiger partial charge in [0, 0.05) is 11.7 Å². The first-order valence-corrected chi connectivity index (χ1v) is 6.41. The van der Waals surface area contributed by atoms with E-state index >= 15 is 0 Å². The number of rotatable bonds is 3. The predicted octanol–water partition coefficient (Wildman–Crippen LogP) is 1.16. The van der Waals surface area contributed by atoms with E-state index in [1.165, 1.54) is 7.11 Å². The van der Waals surface area contributed by atoms with Gasteiger partial charge in [-0.2, -0.15) is 0 Å². The van der Waals surface area contributed by atoms with Crippen LogP contribution in [0.2, 0.25) is 0 Å². The lowest BCUT2D eigenvalue weighted by atomic mass is 9.90. The van der Waals surface area contributed by atoms with Crippen LogP contribution >= 0.6 is 0 Å². The molecule has 3 N–H and O–H groups in total. The van der Waals surface area contributed by atoms with Gasteiger partial charge in [0.15, 0.2) is 0 Å². The number of esters is 1. The van der Waals surface area contributed by atoms with Crippen molar-refractivity contribution in [3.05, 3.63) is 29.8 Å². The number of hydrogen-bond acceptors (Lipinski definition) is 5. The SMILES string of the molecule is COC(=O)c1cccc(NC2CCC(O)C(O)C2)c1. The first-order chi connectivity index (χ1) is 9.10. The third-order valence-electron chi connectivity index (χ3n) is 3.44. The Bertz CT molecular complexity index is 449. The van der Waals surface area contributed by atoms with Gasteiger partial charge in [-0.05, 0) is 37.5 Å². The molecule has 1 fully saturated rings. The molecule has 0 bridgehead atoms. The molecule has 19 heavy (non-hydrogen) atoms. The molecular formula is C14H19NO4. The molecule has 1 aliphatic rings. The van der Waals surface area contributed by atoms with E-state index in [4.69, 9.17) is 0 Å². The van der Waals surface area contributed by atoms with E-state index in [2.05, 4.69) is 10.1 Å². The highest BCUT2D eigenvalue weighted by Gasteiger charge is 2.27. The zero-order valence-electron chi connectivity index (χ0n) is 10.9. The van der Waals surface area contributed by atoms with Gasteiger partial charge in [-0.1, -0.05) is 6.07 Å². The van der Waals surface area contributed by atoms with Gasteiger partial charge in [0.25, 0.3) is 0 Å². The first kappa shape index (κ1) is 13.8. The molecule has 1 aromatic carbocycles. The minimum atomic E-state index is -0.685. The van der Waals surface area contributed by atoms with Crippen molar-refractivity contribution in [1.82, 2.24) is 0 Å². The van der Waals surface area contributed by atoms with E-state index in [1.807, 2.05) is 6.07 Å². The molecule has 0 spiro atoms. The minimum absolute atomic E-state index is 0.103. The fourth-order valence-corrected chi connectivity index (χ4v) is 2.35. The molecule has 0 heterocycles. The number of nitrogens with one attached hydrogen (secondary N) is 1. The van der Waals surface area contributed by atoms with Crippen LogP contribution in [0.3, 0.4) is 0 Å². The van der Waals surface area contributed by atoms with E-state index in [1.54, 1.807) is 18.2 Å². The van der Waals surface area contributed by atoms with Gasteiger partial charge < -0.3 is 20.3 Å². The summed E-state index contributed by atoms with van der Waals surface area (Å²) >= 11 is 0. The molecule has 3 atom stereocenters. The molecule has 104 valence electrons. The molecule has 0 amide bonds. The molecule has 2 rings (SSSR count). The Morgan fingerprint density at radius 2 is 2.11 bits per heavy atom. The molecule has 0 aliphatic heterocycles. The van der Waals surface area contributed by atoms with E-state index in [0.29, 0.717) is 18.4 Å². The van der Waals surface area contributed by atoms with Gasteiger partial charge in [-0.3, -0.25) is 0 Å². The van der Waals surface area contributed by atoms with Gasteiger partial charge >= 0.3 is 5.97 Å². The third kappa shape index (κ3) is 3.45. The van der Waals surface area contributed by atoms with Crippen LogP contribution in [-0.4, -0.2) is 41.5 Å². The Hall–Kier alpha value is -1.59. The Labute approximate surface area is 112 Å². The summed E-state index contributed by atoms with van der Waals surface area (Å²) in [6.07, 6.45) is 0.564. The van der Waals surface area contributed by atoms with Crippen molar-refractivity contribution >= 4 is 11.7 Å². The van der Waals surface area contributed by atoms with Crippen LogP contribution in [0.25, 0.3) is 0 Å². The van der Waals surface area contributed by atoms with Crippen molar-refractivity contribution in [2.24, 2.45) is 0 Å². The van der Waals surface area contributed by atoms with Gasteiger partial charge in [0.1, 0.15) is 0 Å². The maximum absolute atomic E-state index is 11.4. The topological polar surface area (TPSA) is 78.8 Å². The maximum atomic E-state index is 11.4. The molecule has 5 heteroatoms. The summed E-state index contributed by atoms with van der Waals surface area (Å²) in [6.45, 7) is 0. The van der Waals surface area contributed by atoms with Crippen molar-refractivity contribution in [2.75, 3.05) is 12.4 Å². The highest BCUT2D eigenvalue weighted by Crippen LogP contribution is 2.23. The summed E-state index contributed by atoms with van der Waals surface area (Å²) in [5.74, 6) is -0.372. The maximum Gasteiger partial charge on any atom is 0.337 e. The molecule has 0 radical (unpaired) electrons. The number of ether oxygens (including phenoxy) is 1. The fourth-order valence-electron chi connectivity index (χ4n) is 2.35. The van der Waals surface area contributed by atoms with E-state index in [0.717, 1.165) is 12.1 Å². The Kier molecular flexibility index (Phi) is 4.39. The van der Waals surface area contributed by atoms with Crippen LogP contribution in [0.1, 0.15) is 29.6 Å². The summed E-state index contributed by atoms with van der Waals surface area (Å²) in [7, 11) is 1.35. The Morgan fingerprint density at radius 1 is 1.32 bits per heavy atom. The Morgan fingerprint density at radius 3 is 2.79 bits per heavy atom. The van der Waals surface area contributed by atoms with E-state index in [9.17, 15) is 15.0 Å². The number of anilines is 1. The zero-order chi connectivity index (χ0) is 13.8. The predicted molar refractivity (Wildman–Crippen MR) is 71.1 cm³/mol. The number of aliphatic hydroxyl groups is 2. The molecule has 1 saturated carbocycles. The van der Waals surface area contributed by atoms with Crippen LogP contribution in [0.15, 0.2) is 24.3 Å². The van der Waals surface area contributed by atoms with Crippen molar-refractivity contribution in [3.8, 4) is 0 Å². The lowest BCUT2D eigenvalue weighted by Crippen LogP contribution is -2.39. The summed E-state index contributed by atoms with van der Waals surface area (Å²) in [5.41, 5.74) is 1.31. The highest BCUT2D eigenvalue weighted by atomic mass is 16.5. The average molecular weight is 265 g/mol. The Balaban J connectivity index is 2.01. The smallest absolute Gasteiger partial charge is 0.337 e. The van der Waals surface area contributed by atoms with E-state index < -0.39 is 12.2 Å². The van der Waals surface area contributed by atoms with Crippen LogP contribution in [0, 0.1) is 0 Å². The molecule has 1 aromatic rings. The quantitative estimate of drug-likeness (QED) is 0.715. The molecule has 3 unspecified atom stereocenters. The average Bonchev–Trinajstić information content (AvgIpc) is 2.42. The van der Waals surface area contributed by atoms with Gasteiger partial charge in [0.2, 0.25) is 0 Å². The zero-order valence-corrected chi connectivity index (χ0v) is 10.9. The summed E-state index contributed by atoms with van der Waals surface area (Å²) < 4.78 is 4.67. The standard InChI is InChI=1S/C14H19NO4/c1-19-14(18)9-3-2-4-10(7-9)15-11-5-6-12(16)13(17)8-11/h2-4,7,11-13,15-17H,5-6,8H2,1H3. The van der Waals surface area contributed by atoms with Crippen LogP contribution in [-0.2, 0) is 4.74 Å². The second-order valence-electron chi connectivity index (χ2n) is 4.86. The normalized spacial score (nSPS) is 26.8. The van der Waals surface area contributed by atoms with E-state index in [-0.39, 0.29) is 12.0 Å². The number of methoxy groups -OCH3 is 1. The largest absolute Gasteiger partial charge is 0.465 e. The molecule has 1 aliphatic carbocycles. The van der Waals surface area contributed by atoms with Gasteiger partial charge in [-0.25, -0.2) is 4.79 Å². The number of carbonyl (C=O) groups excluding carboxylic acids is 1. The number of carbonyl (C=O) groups is 1. The first-order valence-electron chi connectivity index (χ1n) is 6.41. The number of aliphatic hydroxyl groups excluding tert-OH is 2. The molecular weight excluding hydrogens is 246 g/mol. The number of hydrogen-bond donors (Lipinski definition) is 3. The second kappa shape index (κ2) is 6.04. The molecule has 5 nitrogen and oxygen atoms in total. The lowest BCUT2D eigenvalue weighted by Gasteiger charge is -2.31. The van der Waals surface area contributed by atoms with Gasteiger partial charge in [-0.15, -0.1) is 0 Å². The van der Waals surface area contributed by atoms with Crippen LogP contribution < -0.4 is 5.32 Å². The minimum Gasteiger partial charge on any atom is -0.465 e. The number of benzene rings is 1. The molecule has 0 aromatic heterocycles. The summed E-state index contributed by atoms with van der Waals surface area (Å²) in [5, 5.41) is 22.4. The van der Waals surface area contributed by atoms with Crippen molar-refractivity contribution in [2.45, 2.75) is 37.5 Å². The van der Waals surface area contributed by atoms with Crippen LogP contribution in [0.4, 0.5) is 5.69 Å². The fraction of sp³-hybridized carbons (Fsp3) is 0.500. The van der Waals surface area contributed by atoms with Crippen molar-refractivity contribution < 1.29 is 19.7 Å². The highest BCUT2D eigenvalue weighted by molar-refractivity contribution is 5.90. The van der Waals surface area contributed by atoms with Gasteiger partial charge in [0.05, 0.1) is 24.9 Å². The second-order valence-corrected chi connectivity index (χ2v) is 4.86.